The summed E-state index contributed by atoms with van der Waals surface area (Å²) in [6.45, 7) is 12.5. The van der Waals surface area contributed by atoms with Gasteiger partial charge in [0.15, 0.2) is 0 Å². The average molecular weight is 274 g/mol. The summed E-state index contributed by atoms with van der Waals surface area (Å²) in [6.07, 6.45) is 3.89. The molecule has 2 atom stereocenters. The molecule has 1 heterocycles. The monoisotopic (exact) mass is 274 g/mol. The number of nitrogens with zero attached hydrogens (tertiary/aromatic N) is 1. The van der Waals surface area contributed by atoms with Crippen LogP contribution < -0.4 is 10.2 Å². The molecule has 1 aliphatic rings. The van der Waals surface area contributed by atoms with Crippen LogP contribution in [0.15, 0.2) is 18.2 Å². The van der Waals surface area contributed by atoms with Crippen LogP contribution in [-0.2, 0) is 6.54 Å². The third-order valence-corrected chi connectivity index (χ3v) is 4.44. The van der Waals surface area contributed by atoms with Crippen molar-refractivity contribution in [2.45, 2.75) is 59.5 Å². The van der Waals surface area contributed by atoms with Crippen molar-refractivity contribution < 1.29 is 0 Å². The van der Waals surface area contributed by atoms with E-state index in [-0.39, 0.29) is 0 Å². The highest BCUT2D eigenvalue weighted by Crippen LogP contribution is 2.30. The van der Waals surface area contributed by atoms with E-state index in [0.717, 1.165) is 19.0 Å². The van der Waals surface area contributed by atoms with Crippen molar-refractivity contribution in [1.29, 1.82) is 0 Å². The van der Waals surface area contributed by atoms with E-state index in [1.807, 2.05) is 0 Å². The lowest BCUT2D eigenvalue weighted by atomic mass is 9.93. The van der Waals surface area contributed by atoms with E-state index in [2.05, 4.69) is 56.1 Å². The normalized spacial score (nSPS) is 23.1. The van der Waals surface area contributed by atoms with Crippen LogP contribution in [0.1, 0.15) is 51.2 Å². The van der Waals surface area contributed by atoms with Crippen LogP contribution in [0, 0.1) is 12.8 Å². The Kier molecular flexibility index (Phi) is 5.47. The first-order valence-corrected chi connectivity index (χ1v) is 8.18. The van der Waals surface area contributed by atoms with Gasteiger partial charge in [-0.1, -0.05) is 26.0 Å². The summed E-state index contributed by atoms with van der Waals surface area (Å²) in [7, 11) is 0. The second-order valence-corrected chi connectivity index (χ2v) is 6.48. The molecule has 0 spiro atoms. The largest absolute Gasteiger partial charge is 0.368 e. The average Bonchev–Trinajstić information content (AvgIpc) is 2.42. The van der Waals surface area contributed by atoms with Gasteiger partial charge in [0.1, 0.15) is 0 Å². The van der Waals surface area contributed by atoms with E-state index < -0.39 is 0 Å². The SMILES string of the molecule is CCCNCc1ccc(N2CC(C)CCC2C)c(C)c1. The van der Waals surface area contributed by atoms with Gasteiger partial charge in [-0.15, -0.1) is 0 Å². The number of anilines is 1. The highest BCUT2D eigenvalue weighted by Gasteiger charge is 2.23. The van der Waals surface area contributed by atoms with Gasteiger partial charge < -0.3 is 10.2 Å². The van der Waals surface area contributed by atoms with E-state index >= 15 is 0 Å². The van der Waals surface area contributed by atoms with Crippen LogP contribution in [0.25, 0.3) is 0 Å². The molecule has 0 radical (unpaired) electrons. The van der Waals surface area contributed by atoms with Crippen molar-refractivity contribution in [3.8, 4) is 0 Å². The Balaban J connectivity index is 2.08. The van der Waals surface area contributed by atoms with Gasteiger partial charge in [-0.3, -0.25) is 0 Å². The third-order valence-electron chi connectivity index (χ3n) is 4.44. The summed E-state index contributed by atoms with van der Waals surface area (Å²) in [4.78, 5) is 2.60. The van der Waals surface area contributed by atoms with Crippen molar-refractivity contribution in [1.82, 2.24) is 5.32 Å². The molecular formula is C18H30N2. The Morgan fingerprint density at radius 2 is 2.05 bits per heavy atom. The molecule has 2 unspecified atom stereocenters. The second-order valence-electron chi connectivity index (χ2n) is 6.48. The summed E-state index contributed by atoms with van der Waals surface area (Å²) in [5, 5.41) is 3.48. The van der Waals surface area contributed by atoms with Gasteiger partial charge in [-0.05, 0) is 62.8 Å². The predicted molar refractivity (Wildman–Crippen MR) is 88.4 cm³/mol. The Hall–Kier alpha value is -1.02. The zero-order valence-electron chi connectivity index (χ0n) is 13.6. The summed E-state index contributed by atoms with van der Waals surface area (Å²) in [5.74, 6) is 0.816. The van der Waals surface area contributed by atoms with E-state index in [1.54, 1.807) is 0 Å². The minimum Gasteiger partial charge on any atom is -0.368 e. The zero-order valence-corrected chi connectivity index (χ0v) is 13.6. The molecule has 112 valence electrons. The molecule has 0 amide bonds. The minimum absolute atomic E-state index is 0.675. The zero-order chi connectivity index (χ0) is 14.5. The van der Waals surface area contributed by atoms with E-state index in [1.165, 1.54) is 42.6 Å². The van der Waals surface area contributed by atoms with Crippen LogP contribution in [0.2, 0.25) is 0 Å². The standard InChI is InChI=1S/C18H30N2/c1-5-10-19-12-17-8-9-18(15(3)11-17)20-13-14(2)6-7-16(20)4/h8-9,11,14,16,19H,5-7,10,12-13H2,1-4H3. The molecule has 1 saturated heterocycles. The highest BCUT2D eigenvalue weighted by atomic mass is 15.2. The van der Waals surface area contributed by atoms with Crippen molar-refractivity contribution in [3.05, 3.63) is 29.3 Å². The van der Waals surface area contributed by atoms with E-state index in [0.29, 0.717) is 6.04 Å². The molecule has 2 rings (SSSR count). The molecule has 20 heavy (non-hydrogen) atoms. The van der Waals surface area contributed by atoms with Crippen LogP contribution >= 0.6 is 0 Å². The molecule has 2 heteroatoms. The van der Waals surface area contributed by atoms with Gasteiger partial charge in [-0.25, -0.2) is 0 Å². The first kappa shape index (κ1) is 15.4. The molecule has 0 bridgehead atoms. The number of benzene rings is 1. The second kappa shape index (κ2) is 7.12. The van der Waals surface area contributed by atoms with Crippen molar-refractivity contribution in [3.63, 3.8) is 0 Å². The molecule has 1 N–H and O–H groups in total. The number of rotatable bonds is 5. The maximum atomic E-state index is 3.48. The fourth-order valence-corrected chi connectivity index (χ4v) is 3.18. The Bertz CT molecular complexity index is 427. The molecule has 1 aromatic rings. The molecule has 1 fully saturated rings. The maximum absolute atomic E-state index is 3.48. The van der Waals surface area contributed by atoms with Gasteiger partial charge >= 0.3 is 0 Å². The topological polar surface area (TPSA) is 15.3 Å². The molecule has 0 saturated carbocycles. The molecule has 2 nitrogen and oxygen atoms in total. The summed E-state index contributed by atoms with van der Waals surface area (Å²) >= 11 is 0. The van der Waals surface area contributed by atoms with Gasteiger partial charge in [0.05, 0.1) is 0 Å². The number of nitrogens with one attached hydrogen (secondary N) is 1. The fraction of sp³-hybridized carbons (Fsp3) is 0.667. The first-order valence-electron chi connectivity index (χ1n) is 8.18. The van der Waals surface area contributed by atoms with Gasteiger partial charge in [0.2, 0.25) is 0 Å². The number of hydrogen-bond acceptors (Lipinski definition) is 2. The van der Waals surface area contributed by atoms with Crippen LogP contribution in [0.4, 0.5) is 5.69 Å². The first-order chi connectivity index (χ1) is 9.61. The summed E-state index contributed by atoms with van der Waals surface area (Å²) in [6, 6.07) is 7.64. The van der Waals surface area contributed by atoms with Crippen LogP contribution in [0.5, 0.6) is 0 Å². The Morgan fingerprint density at radius 1 is 1.25 bits per heavy atom. The smallest absolute Gasteiger partial charge is 0.0398 e. The van der Waals surface area contributed by atoms with E-state index in [9.17, 15) is 0 Å². The number of aryl methyl sites for hydroxylation is 1. The van der Waals surface area contributed by atoms with Crippen LogP contribution in [-0.4, -0.2) is 19.1 Å². The molecular weight excluding hydrogens is 244 g/mol. The minimum atomic E-state index is 0.675. The Morgan fingerprint density at radius 3 is 2.75 bits per heavy atom. The van der Waals surface area contributed by atoms with Gasteiger partial charge in [0, 0.05) is 24.8 Å². The highest BCUT2D eigenvalue weighted by molar-refractivity contribution is 5.55. The number of hydrogen-bond donors (Lipinski definition) is 1. The predicted octanol–water partition coefficient (Wildman–Crippen LogP) is 4.12. The molecule has 1 aliphatic heterocycles. The van der Waals surface area contributed by atoms with Crippen molar-refractivity contribution >= 4 is 5.69 Å². The lowest BCUT2D eigenvalue weighted by molar-refractivity contribution is 0.390. The van der Waals surface area contributed by atoms with Crippen molar-refractivity contribution in [2.75, 3.05) is 18.0 Å². The van der Waals surface area contributed by atoms with E-state index in [4.69, 9.17) is 0 Å². The lowest BCUT2D eigenvalue weighted by Gasteiger charge is -2.39. The summed E-state index contributed by atoms with van der Waals surface area (Å²) < 4.78 is 0. The molecule has 0 aromatic heterocycles. The lowest BCUT2D eigenvalue weighted by Crippen LogP contribution is -2.41. The Labute approximate surface area is 124 Å². The van der Waals surface area contributed by atoms with Crippen molar-refractivity contribution in [2.24, 2.45) is 5.92 Å². The third kappa shape index (κ3) is 3.76. The fourth-order valence-electron chi connectivity index (χ4n) is 3.18. The maximum Gasteiger partial charge on any atom is 0.0398 e. The molecule has 0 aliphatic carbocycles. The quantitative estimate of drug-likeness (QED) is 0.813. The number of piperidine rings is 1. The van der Waals surface area contributed by atoms with Gasteiger partial charge in [-0.2, -0.15) is 0 Å². The van der Waals surface area contributed by atoms with Gasteiger partial charge in [0.25, 0.3) is 0 Å². The molecule has 1 aromatic carbocycles. The van der Waals surface area contributed by atoms with Crippen LogP contribution in [0.3, 0.4) is 0 Å². The summed E-state index contributed by atoms with van der Waals surface area (Å²) in [5.41, 5.74) is 4.25.